The van der Waals surface area contributed by atoms with Gasteiger partial charge < -0.3 is 15.6 Å². The molecule has 2 heterocycles. The molecule has 28 heavy (non-hydrogen) atoms. The van der Waals surface area contributed by atoms with Gasteiger partial charge in [0, 0.05) is 32.3 Å². The van der Waals surface area contributed by atoms with E-state index in [0.29, 0.717) is 11.5 Å². The zero-order valence-electron chi connectivity index (χ0n) is 16.6. The lowest BCUT2D eigenvalue weighted by Crippen LogP contribution is -2.50. The molecule has 0 spiro atoms. The van der Waals surface area contributed by atoms with E-state index in [0.717, 1.165) is 51.6 Å². The summed E-state index contributed by atoms with van der Waals surface area (Å²) in [5.41, 5.74) is 0.593. The van der Waals surface area contributed by atoms with Crippen LogP contribution in [0, 0.1) is 11.2 Å². The topological polar surface area (TPSA) is 81.4 Å². The highest BCUT2D eigenvalue weighted by atomic mass is 19.1. The van der Waals surface area contributed by atoms with E-state index in [2.05, 4.69) is 20.2 Å². The first-order chi connectivity index (χ1) is 13.6. The van der Waals surface area contributed by atoms with Crippen LogP contribution in [0.25, 0.3) is 0 Å². The number of hydrogen-bond acceptors (Lipinski definition) is 4. The Kier molecular flexibility index (Phi) is 7.12. The predicted octanol–water partition coefficient (Wildman–Crippen LogP) is 3.53. The molecular formula is C21H30FN5O. The maximum absolute atomic E-state index is 14.2. The van der Waals surface area contributed by atoms with E-state index in [1.165, 1.54) is 31.2 Å². The lowest BCUT2D eigenvalue weighted by atomic mass is 10.0. The molecule has 0 bridgehead atoms. The van der Waals surface area contributed by atoms with E-state index in [1.807, 2.05) is 0 Å². The minimum atomic E-state index is -0.614. The van der Waals surface area contributed by atoms with E-state index >= 15 is 0 Å². The molecule has 7 heteroatoms. The molecule has 1 saturated carbocycles. The third-order valence-electron chi connectivity index (χ3n) is 5.74. The summed E-state index contributed by atoms with van der Waals surface area (Å²) in [5, 5.41) is 10.7. The largest absolute Gasteiger partial charge is 0.358 e. The molecule has 1 aliphatic carbocycles. The Hall–Kier alpha value is -2.31. The van der Waals surface area contributed by atoms with Gasteiger partial charge in [0.2, 0.25) is 0 Å². The van der Waals surface area contributed by atoms with E-state index < -0.39 is 11.9 Å². The highest BCUT2D eigenvalue weighted by Crippen LogP contribution is 2.34. The Balaban J connectivity index is 1.74. The molecule has 1 unspecified atom stereocenters. The van der Waals surface area contributed by atoms with Crippen LogP contribution in [-0.2, 0) is 0 Å². The minimum absolute atomic E-state index is 0.0937. The van der Waals surface area contributed by atoms with Crippen LogP contribution in [0.15, 0.2) is 17.1 Å². The second kappa shape index (κ2) is 9.75. The van der Waals surface area contributed by atoms with Crippen LogP contribution in [0.2, 0.25) is 0 Å². The molecule has 1 aromatic heterocycles. The van der Waals surface area contributed by atoms with Gasteiger partial charge in [-0.2, -0.15) is 0 Å². The Morgan fingerprint density at radius 2 is 1.93 bits per heavy atom. The number of aliphatic imine (C=N–C) groups is 1. The van der Waals surface area contributed by atoms with Gasteiger partial charge in [0.15, 0.2) is 0 Å². The first-order valence-corrected chi connectivity index (χ1v) is 10.3. The van der Waals surface area contributed by atoms with E-state index in [4.69, 9.17) is 5.41 Å². The molecule has 6 nitrogen and oxygen atoms in total. The fourth-order valence-corrected chi connectivity index (χ4v) is 4.24. The van der Waals surface area contributed by atoms with Crippen LogP contribution >= 0.6 is 0 Å². The standard InChI is InChI=1S/C21H30FN5O/c1-24-20(27-12-6-2-3-7-13-27)18(14-23)26-21(28)17-11-10-16(22)19(25-17)15-8-4-5-9-15/h10-11,14-15,18,23H,2-9,12-13H2,1H3,(H,26,28). The van der Waals surface area contributed by atoms with Gasteiger partial charge in [-0.1, -0.05) is 25.7 Å². The fourth-order valence-electron chi connectivity index (χ4n) is 4.24. The number of nitrogens with zero attached hydrogens (tertiary/aromatic N) is 3. The number of halogens is 1. The quantitative estimate of drug-likeness (QED) is 0.599. The second-order valence-corrected chi connectivity index (χ2v) is 7.65. The van der Waals surface area contributed by atoms with Crippen LogP contribution in [0.1, 0.15) is 73.5 Å². The van der Waals surface area contributed by atoms with E-state index in [9.17, 15) is 9.18 Å². The van der Waals surface area contributed by atoms with Crippen LogP contribution < -0.4 is 5.32 Å². The van der Waals surface area contributed by atoms with Gasteiger partial charge in [0.25, 0.3) is 5.91 Å². The molecule has 2 fully saturated rings. The summed E-state index contributed by atoms with van der Waals surface area (Å²) >= 11 is 0. The average molecular weight is 388 g/mol. The summed E-state index contributed by atoms with van der Waals surface area (Å²) in [6.07, 6.45) is 9.74. The summed E-state index contributed by atoms with van der Waals surface area (Å²) in [6, 6.07) is 2.13. The summed E-state index contributed by atoms with van der Waals surface area (Å²) < 4.78 is 14.2. The Labute approximate surface area is 166 Å². The van der Waals surface area contributed by atoms with Crippen molar-refractivity contribution in [2.24, 2.45) is 4.99 Å². The summed E-state index contributed by atoms with van der Waals surface area (Å²) in [7, 11) is 1.69. The van der Waals surface area contributed by atoms with Crippen molar-refractivity contribution < 1.29 is 9.18 Å². The Morgan fingerprint density at radius 3 is 2.54 bits per heavy atom. The van der Waals surface area contributed by atoms with Gasteiger partial charge in [-0.25, -0.2) is 9.37 Å². The van der Waals surface area contributed by atoms with Crippen molar-refractivity contribution in [3.8, 4) is 0 Å². The van der Waals surface area contributed by atoms with E-state index in [1.54, 1.807) is 7.05 Å². The van der Waals surface area contributed by atoms with Crippen molar-refractivity contribution in [2.75, 3.05) is 20.1 Å². The van der Waals surface area contributed by atoms with E-state index in [-0.39, 0.29) is 17.4 Å². The van der Waals surface area contributed by atoms with Gasteiger partial charge in [0.1, 0.15) is 23.4 Å². The molecule has 1 atom stereocenters. The minimum Gasteiger partial charge on any atom is -0.358 e. The summed E-state index contributed by atoms with van der Waals surface area (Å²) in [6.45, 7) is 1.76. The third kappa shape index (κ3) is 4.75. The first kappa shape index (κ1) is 20.4. The highest BCUT2D eigenvalue weighted by molar-refractivity contribution is 6.05. The molecule has 1 aliphatic heterocycles. The van der Waals surface area contributed by atoms with Gasteiger partial charge >= 0.3 is 0 Å². The van der Waals surface area contributed by atoms with Crippen molar-refractivity contribution in [1.82, 2.24) is 15.2 Å². The number of hydrogen-bond donors (Lipinski definition) is 2. The molecular weight excluding hydrogens is 357 g/mol. The fraction of sp³-hybridized carbons (Fsp3) is 0.619. The molecule has 3 rings (SSSR count). The molecule has 1 saturated heterocycles. The Bertz CT molecular complexity index is 722. The molecule has 0 radical (unpaired) electrons. The van der Waals surface area contributed by atoms with Gasteiger partial charge in [-0.05, 0) is 37.8 Å². The van der Waals surface area contributed by atoms with Crippen molar-refractivity contribution in [3.05, 3.63) is 29.3 Å². The van der Waals surface area contributed by atoms with Crippen molar-refractivity contribution >= 4 is 18.0 Å². The number of amidine groups is 1. The second-order valence-electron chi connectivity index (χ2n) is 7.65. The number of amides is 1. The van der Waals surface area contributed by atoms with Gasteiger partial charge in [0.05, 0.1) is 5.69 Å². The molecule has 1 aromatic rings. The maximum atomic E-state index is 14.2. The van der Waals surface area contributed by atoms with Crippen molar-refractivity contribution in [2.45, 2.75) is 63.3 Å². The molecule has 2 N–H and O–H groups in total. The van der Waals surface area contributed by atoms with Crippen molar-refractivity contribution in [1.29, 1.82) is 5.41 Å². The molecule has 152 valence electrons. The lowest BCUT2D eigenvalue weighted by molar-refractivity contribution is 0.0947. The molecule has 0 aromatic carbocycles. The first-order valence-electron chi connectivity index (χ1n) is 10.3. The zero-order valence-corrected chi connectivity index (χ0v) is 16.6. The number of pyridine rings is 1. The number of carbonyl (C=O) groups excluding carboxylic acids is 1. The molecule has 1 amide bonds. The predicted molar refractivity (Wildman–Crippen MR) is 109 cm³/mol. The number of nitrogens with one attached hydrogen (secondary N) is 2. The van der Waals surface area contributed by atoms with Crippen LogP contribution in [0.3, 0.4) is 0 Å². The Morgan fingerprint density at radius 1 is 1.25 bits per heavy atom. The number of carbonyl (C=O) groups is 1. The highest BCUT2D eigenvalue weighted by Gasteiger charge is 2.26. The SMILES string of the molecule is CN=C(C(C=N)NC(=O)c1ccc(F)c(C2CCCC2)n1)N1CCCCCC1. The van der Waals surface area contributed by atoms with Crippen LogP contribution in [0.4, 0.5) is 4.39 Å². The van der Waals surface area contributed by atoms with Gasteiger partial charge in [-0.3, -0.25) is 9.79 Å². The number of rotatable bonds is 5. The van der Waals surface area contributed by atoms with Gasteiger partial charge in [-0.15, -0.1) is 0 Å². The summed E-state index contributed by atoms with van der Waals surface area (Å²) in [5.74, 6) is 0.0516. The van der Waals surface area contributed by atoms with Crippen LogP contribution in [0.5, 0.6) is 0 Å². The summed E-state index contributed by atoms with van der Waals surface area (Å²) in [4.78, 5) is 23.6. The van der Waals surface area contributed by atoms with Crippen LogP contribution in [-0.4, -0.2) is 54.0 Å². The normalized spacial score (nSPS) is 19.9. The van der Waals surface area contributed by atoms with Crippen molar-refractivity contribution in [3.63, 3.8) is 0 Å². The molecule has 2 aliphatic rings. The zero-order chi connectivity index (χ0) is 19.9. The maximum Gasteiger partial charge on any atom is 0.270 e. The number of aromatic nitrogens is 1. The third-order valence-corrected chi connectivity index (χ3v) is 5.74. The monoisotopic (exact) mass is 387 g/mol. The number of likely N-dealkylation sites (tertiary alicyclic amines) is 1. The smallest absolute Gasteiger partial charge is 0.270 e. The lowest BCUT2D eigenvalue weighted by Gasteiger charge is -2.28. The average Bonchev–Trinajstić information content (AvgIpc) is 3.11.